The second kappa shape index (κ2) is 5.30. The molecular weight excluding hydrogens is 262 g/mol. The van der Waals surface area contributed by atoms with E-state index in [1.165, 1.54) is 6.92 Å². The van der Waals surface area contributed by atoms with Gasteiger partial charge in [-0.3, -0.25) is 14.7 Å². The van der Waals surface area contributed by atoms with E-state index in [-0.39, 0.29) is 12.5 Å². The number of nitrogens with zero attached hydrogens (tertiary/aromatic N) is 1. The summed E-state index contributed by atoms with van der Waals surface area (Å²) in [5.74, 6) is -1.50. The van der Waals surface area contributed by atoms with Crippen LogP contribution < -0.4 is 5.32 Å². The molecule has 20 heavy (non-hydrogen) atoms. The van der Waals surface area contributed by atoms with Gasteiger partial charge in [0.05, 0.1) is 23.7 Å². The number of fused-ring (bicyclic) bond motifs is 1. The predicted octanol–water partition coefficient (Wildman–Crippen LogP) is 0.518. The minimum absolute atomic E-state index is 0.137. The van der Waals surface area contributed by atoms with Crippen LogP contribution in [0.3, 0.4) is 0 Å². The Morgan fingerprint density at radius 3 is 2.90 bits per heavy atom. The number of benzene rings is 1. The maximum atomic E-state index is 11.9. The smallest absolute Gasteiger partial charge is 0.306 e. The molecular formula is C13H15N3O4. The first-order valence-corrected chi connectivity index (χ1v) is 6.03. The van der Waals surface area contributed by atoms with Gasteiger partial charge in [-0.05, 0) is 25.1 Å². The average molecular weight is 277 g/mol. The van der Waals surface area contributed by atoms with E-state index in [4.69, 9.17) is 5.11 Å². The van der Waals surface area contributed by atoms with Gasteiger partial charge < -0.3 is 15.5 Å². The molecule has 1 aromatic heterocycles. The number of nitrogens with one attached hydrogen (secondary N) is 2. The van der Waals surface area contributed by atoms with Gasteiger partial charge in [0, 0.05) is 17.5 Å². The number of H-pyrrole nitrogens is 1. The first-order valence-electron chi connectivity index (χ1n) is 6.03. The van der Waals surface area contributed by atoms with Crippen LogP contribution >= 0.6 is 0 Å². The van der Waals surface area contributed by atoms with Crippen molar-refractivity contribution in [1.29, 1.82) is 0 Å². The minimum atomic E-state index is -1.48. The highest BCUT2D eigenvalue weighted by Gasteiger charge is 2.25. The topological polar surface area (TPSA) is 115 Å². The predicted molar refractivity (Wildman–Crippen MR) is 71.3 cm³/mol. The number of amides is 1. The third-order valence-corrected chi connectivity index (χ3v) is 2.86. The average Bonchev–Trinajstić information content (AvgIpc) is 2.81. The third-order valence-electron chi connectivity index (χ3n) is 2.86. The van der Waals surface area contributed by atoms with Crippen LogP contribution in [0.4, 0.5) is 0 Å². The molecule has 1 atom stereocenters. The van der Waals surface area contributed by atoms with Gasteiger partial charge in [0.1, 0.15) is 0 Å². The Kier molecular flexibility index (Phi) is 3.71. The molecule has 2 aromatic rings. The quantitative estimate of drug-likeness (QED) is 0.636. The minimum Gasteiger partial charge on any atom is -0.481 e. The van der Waals surface area contributed by atoms with Gasteiger partial charge in [-0.1, -0.05) is 0 Å². The number of carboxylic acid groups (broad SMARTS) is 1. The van der Waals surface area contributed by atoms with Crippen LogP contribution in [0.1, 0.15) is 23.7 Å². The van der Waals surface area contributed by atoms with Gasteiger partial charge in [-0.15, -0.1) is 0 Å². The molecule has 2 rings (SSSR count). The zero-order chi connectivity index (χ0) is 14.8. The van der Waals surface area contributed by atoms with Crippen molar-refractivity contribution in [2.45, 2.75) is 18.9 Å². The van der Waals surface area contributed by atoms with Gasteiger partial charge >= 0.3 is 5.97 Å². The number of hydrogen-bond donors (Lipinski definition) is 4. The van der Waals surface area contributed by atoms with Crippen LogP contribution in [-0.2, 0) is 4.79 Å². The van der Waals surface area contributed by atoms with E-state index in [1.54, 1.807) is 24.4 Å². The highest BCUT2D eigenvalue weighted by Crippen LogP contribution is 2.13. The summed E-state index contributed by atoms with van der Waals surface area (Å²) in [6.45, 7) is 1.22. The molecule has 0 bridgehead atoms. The van der Waals surface area contributed by atoms with Crippen LogP contribution in [-0.4, -0.2) is 44.4 Å². The lowest BCUT2D eigenvalue weighted by Crippen LogP contribution is -2.42. The number of carboxylic acids is 1. The second-order valence-electron chi connectivity index (χ2n) is 4.92. The summed E-state index contributed by atoms with van der Waals surface area (Å²) in [5, 5.41) is 28.4. The first kappa shape index (κ1) is 14.0. The molecule has 106 valence electrons. The molecule has 0 fully saturated rings. The van der Waals surface area contributed by atoms with Gasteiger partial charge in [-0.2, -0.15) is 5.10 Å². The van der Waals surface area contributed by atoms with E-state index in [2.05, 4.69) is 15.5 Å². The number of hydrogen-bond acceptors (Lipinski definition) is 4. The number of aromatic amines is 1. The van der Waals surface area contributed by atoms with Crippen LogP contribution in [0.2, 0.25) is 0 Å². The lowest BCUT2D eigenvalue weighted by Gasteiger charge is -2.21. The van der Waals surface area contributed by atoms with E-state index in [0.717, 1.165) is 10.9 Å². The number of aliphatic carboxylic acids is 1. The summed E-state index contributed by atoms with van der Waals surface area (Å²) in [7, 11) is 0. The van der Waals surface area contributed by atoms with Crippen molar-refractivity contribution in [2.75, 3.05) is 6.54 Å². The van der Waals surface area contributed by atoms with Gasteiger partial charge in [0.2, 0.25) is 0 Å². The highest BCUT2D eigenvalue weighted by molar-refractivity contribution is 5.97. The SMILES string of the molecule is CC(O)(CNC(=O)c1ccc2[nH]ncc2c1)CC(=O)O. The lowest BCUT2D eigenvalue weighted by atomic mass is 10.0. The van der Waals surface area contributed by atoms with Crippen molar-refractivity contribution in [3.05, 3.63) is 30.0 Å². The van der Waals surface area contributed by atoms with Crippen molar-refractivity contribution in [2.24, 2.45) is 0 Å². The van der Waals surface area contributed by atoms with Crippen molar-refractivity contribution in [1.82, 2.24) is 15.5 Å². The molecule has 4 N–H and O–H groups in total. The standard InChI is InChI=1S/C13H15N3O4/c1-13(20,5-11(17)18)7-14-12(19)8-2-3-10-9(4-8)6-15-16-10/h2-4,6,20H,5,7H2,1H3,(H,14,19)(H,15,16)(H,17,18). The van der Waals surface area contributed by atoms with Gasteiger partial charge in [0.25, 0.3) is 5.91 Å². The monoisotopic (exact) mass is 277 g/mol. The molecule has 0 aliphatic heterocycles. The van der Waals surface area contributed by atoms with Crippen LogP contribution in [0.15, 0.2) is 24.4 Å². The largest absolute Gasteiger partial charge is 0.481 e. The maximum Gasteiger partial charge on any atom is 0.306 e. The van der Waals surface area contributed by atoms with Crippen LogP contribution in [0.25, 0.3) is 10.9 Å². The fourth-order valence-electron chi connectivity index (χ4n) is 1.85. The Bertz CT molecular complexity index is 648. The number of aliphatic hydroxyl groups is 1. The Morgan fingerprint density at radius 2 is 2.20 bits per heavy atom. The Hall–Kier alpha value is -2.41. The molecule has 0 spiro atoms. The molecule has 1 unspecified atom stereocenters. The summed E-state index contributed by atoms with van der Waals surface area (Å²) in [5.41, 5.74) is -0.245. The van der Waals surface area contributed by atoms with Gasteiger partial charge in [0.15, 0.2) is 0 Å². The Morgan fingerprint density at radius 1 is 1.45 bits per heavy atom. The molecule has 1 amide bonds. The third kappa shape index (κ3) is 3.33. The molecule has 7 heteroatoms. The van der Waals surface area contributed by atoms with Crippen LogP contribution in [0, 0.1) is 0 Å². The van der Waals surface area contributed by atoms with E-state index >= 15 is 0 Å². The van der Waals surface area contributed by atoms with Crippen molar-refractivity contribution < 1.29 is 19.8 Å². The summed E-state index contributed by atoms with van der Waals surface area (Å²) in [6.07, 6.45) is 1.17. The zero-order valence-corrected chi connectivity index (χ0v) is 10.9. The summed E-state index contributed by atoms with van der Waals surface area (Å²) >= 11 is 0. The Balaban J connectivity index is 2.02. The summed E-state index contributed by atoms with van der Waals surface area (Å²) in [4.78, 5) is 22.5. The first-order chi connectivity index (χ1) is 9.37. The summed E-state index contributed by atoms with van der Waals surface area (Å²) < 4.78 is 0. The lowest BCUT2D eigenvalue weighted by molar-refractivity contribution is -0.141. The number of aromatic nitrogens is 2. The molecule has 7 nitrogen and oxygen atoms in total. The maximum absolute atomic E-state index is 11.9. The molecule has 0 aliphatic rings. The van der Waals surface area contributed by atoms with Crippen molar-refractivity contribution >= 4 is 22.8 Å². The second-order valence-corrected chi connectivity index (χ2v) is 4.92. The van der Waals surface area contributed by atoms with E-state index in [9.17, 15) is 14.7 Å². The highest BCUT2D eigenvalue weighted by atomic mass is 16.4. The fourth-order valence-corrected chi connectivity index (χ4v) is 1.85. The molecule has 0 aliphatic carbocycles. The van der Waals surface area contributed by atoms with Crippen molar-refractivity contribution in [3.8, 4) is 0 Å². The zero-order valence-electron chi connectivity index (χ0n) is 10.9. The number of rotatable bonds is 5. The van der Waals surface area contributed by atoms with E-state index in [1.807, 2.05) is 0 Å². The molecule has 1 aromatic carbocycles. The number of carbonyl (C=O) groups excluding carboxylic acids is 1. The summed E-state index contributed by atoms with van der Waals surface area (Å²) in [6, 6.07) is 5.02. The Labute approximate surface area is 114 Å². The van der Waals surface area contributed by atoms with Crippen LogP contribution in [0.5, 0.6) is 0 Å². The van der Waals surface area contributed by atoms with E-state index in [0.29, 0.717) is 5.56 Å². The molecule has 0 radical (unpaired) electrons. The molecule has 0 saturated carbocycles. The normalized spacial score (nSPS) is 13.9. The van der Waals surface area contributed by atoms with E-state index < -0.39 is 18.0 Å². The van der Waals surface area contributed by atoms with Crippen molar-refractivity contribution in [3.63, 3.8) is 0 Å². The molecule has 1 heterocycles. The number of carbonyl (C=O) groups is 2. The molecule has 0 saturated heterocycles. The fraction of sp³-hybridized carbons (Fsp3) is 0.308. The van der Waals surface area contributed by atoms with Gasteiger partial charge in [-0.25, -0.2) is 0 Å².